The first-order valence-electron chi connectivity index (χ1n) is 4.66. The molecule has 0 aliphatic carbocycles. The van der Waals surface area contributed by atoms with E-state index in [9.17, 15) is 4.79 Å². The van der Waals surface area contributed by atoms with Crippen molar-refractivity contribution in [1.29, 1.82) is 0 Å². The monoisotopic (exact) mass is 316 g/mol. The molecule has 6 heteroatoms. The lowest BCUT2D eigenvalue weighted by molar-refractivity contribution is 0.108. The summed E-state index contributed by atoms with van der Waals surface area (Å²) < 4.78 is 3.02. The Bertz CT molecular complexity index is 569. The second-order valence-corrected chi connectivity index (χ2v) is 8.53. The molecule has 0 spiro atoms. The van der Waals surface area contributed by atoms with Gasteiger partial charge in [0.1, 0.15) is 3.14 Å². The summed E-state index contributed by atoms with van der Waals surface area (Å²) >= 11 is 11.2. The average Bonchev–Trinajstić information content (AvgIpc) is 2.70. The summed E-state index contributed by atoms with van der Waals surface area (Å²) in [4.78, 5) is 12.0. The molecule has 0 N–H and O–H groups in total. The molecule has 2 rings (SSSR count). The number of rotatable bonds is 3. The highest BCUT2D eigenvalue weighted by molar-refractivity contribution is 8.16. The molecule has 1 heterocycles. The smallest absolute Gasteiger partial charge is 0.224 e. The zero-order valence-corrected chi connectivity index (χ0v) is 12.9. The Kier molecular flexibility index (Phi) is 4.81. The Labute approximate surface area is 121 Å². The van der Waals surface area contributed by atoms with E-state index in [1.807, 2.05) is 36.6 Å². The minimum absolute atomic E-state index is 0.0740. The molecule has 1 aromatic carbocycles. The molecule has 0 saturated carbocycles. The molecule has 0 amide bonds. The molecule has 0 aliphatic heterocycles. The van der Waals surface area contributed by atoms with Gasteiger partial charge in [0, 0.05) is 5.56 Å². The maximum atomic E-state index is 12.0. The van der Waals surface area contributed by atoms with Crippen LogP contribution in [-0.2, 0) is 0 Å². The fraction of sp³-hybridized carbons (Fsp3) is 0.0909. The van der Waals surface area contributed by atoms with Crippen LogP contribution in [0.2, 0.25) is 0 Å². The van der Waals surface area contributed by atoms with Crippen LogP contribution in [0.25, 0.3) is 0 Å². The van der Waals surface area contributed by atoms with Crippen LogP contribution in [0.15, 0.2) is 38.8 Å². The van der Waals surface area contributed by atoms with Crippen molar-refractivity contribution < 1.29 is 4.79 Å². The van der Waals surface area contributed by atoms with Gasteiger partial charge in [-0.1, -0.05) is 42.5 Å². The van der Waals surface area contributed by atoms with Gasteiger partial charge < -0.3 is 0 Å². The minimum atomic E-state index is 0.0740. The third-order valence-electron chi connectivity index (χ3n) is 1.90. The van der Waals surface area contributed by atoms with Gasteiger partial charge in [0.25, 0.3) is 0 Å². The van der Waals surface area contributed by atoms with E-state index in [0.717, 1.165) is 17.1 Å². The number of carbonyl (C=O) groups is 1. The molecule has 0 fully saturated rings. The van der Waals surface area contributed by atoms with Gasteiger partial charge in [-0.25, -0.2) is 0 Å². The van der Waals surface area contributed by atoms with E-state index in [1.54, 1.807) is 23.1 Å². The maximum absolute atomic E-state index is 12.0. The zero-order valence-electron chi connectivity index (χ0n) is 8.84. The van der Waals surface area contributed by atoms with Crippen LogP contribution in [0.4, 0.5) is 0 Å². The molecule has 0 atom stereocenters. The van der Waals surface area contributed by atoms with Crippen molar-refractivity contribution in [2.75, 3.05) is 6.26 Å². The number of hydrogen-bond donors (Lipinski definition) is 0. The summed E-state index contributed by atoms with van der Waals surface area (Å²) in [6.07, 6.45) is 2.00. The molecule has 0 saturated heterocycles. The van der Waals surface area contributed by atoms with Crippen molar-refractivity contribution >= 4 is 63.5 Å². The summed E-state index contributed by atoms with van der Waals surface area (Å²) in [6, 6.07) is 9.32. The lowest BCUT2D eigenvalue weighted by Crippen LogP contribution is -1.91. The largest absolute Gasteiger partial charge is 0.281 e. The minimum Gasteiger partial charge on any atom is -0.281 e. The normalized spacial score (nSPS) is 10.4. The van der Waals surface area contributed by atoms with Crippen LogP contribution < -0.4 is 0 Å². The molecule has 2 aromatic rings. The standard InChI is InChI=1S/C11H8OS5/c1-14-9-10(17-11(13)16-9)15-8(12)7-5-3-2-4-6-7/h2-6H,1H3. The van der Waals surface area contributed by atoms with Crippen LogP contribution in [0.3, 0.4) is 0 Å². The summed E-state index contributed by atoms with van der Waals surface area (Å²) in [6.45, 7) is 0. The zero-order chi connectivity index (χ0) is 12.3. The summed E-state index contributed by atoms with van der Waals surface area (Å²) in [5.74, 6) is 0. The van der Waals surface area contributed by atoms with Gasteiger partial charge in [-0.2, -0.15) is 0 Å². The van der Waals surface area contributed by atoms with E-state index in [1.165, 1.54) is 23.1 Å². The van der Waals surface area contributed by atoms with E-state index < -0.39 is 0 Å². The average molecular weight is 317 g/mol. The molecule has 1 aromatic heterocycles. The first kappa shape index (κ1) is 13.3. The Morgan fingerprint density at radius 2 is 1.82 bits per heavy atom. The van der Waals surface area contributed by atoms with Crippen molar-refractivity contribution in [2.24, 2.45) is 0 Å². The lowest BCUT2D eigenvalue weighted by Gasteiger charge is -1.99. The van der Waals surface area contributed by atoms with E-state index in [-0.39, 0.29) is 5.12 Å². The van der Waals surface area contributed by atoms with Gasteiger partial charge in [-0.15, -0.1) is 34.4 Å². The first-order valence-corrected chi connectivity index (χ1v) is 8.74. The highest BCUT2D eigenvalue weighted by Crippen LogP contribution is 2.40. The molecular weight excluding hydrogens is 308 g/mol. The fourth-order valence-electron chi connectivity index (χ4n) is 1.16. The van der Waals surface area contributed by atoms with E-state index in [0.29, 0.717) is 0 Å². The van der Waals surface area contributed by atoms with Crippen LogP contribution >= 0.6 is 58.4 Å². The molecule has 1 nitrogen and oxygen atoms in total. The van der Waals surface area contributed by atoms with Gasteiger partial charge in [0.15, 0.2) is 0 Å². The van der Waals surface area contributed by atoms with Crippen LogP contribution in [0.5, 0.6) is 0 Å². The van der Waals surface area contributed by atoms with E-state index in [4.69, 9.17) is 12.2 Å². The summed E-state index contributed by atoms with van der Waals surface area (Å²) in [5, 5.41) is 0.0740. The third kappa shape index (κ3) is 3.42. The van der Waals surface area contributed by atoms with Crippen molar-refractivity contribution in [3.8, 4) is 0 Å². The van der Waals surface area contributed by atoms with Gasteiger partial charge in [-0.3, -0.25) is 4.79 Å². The van der Waals surface area contributed by atoms with Crippen LogP contribution in [0, 0.1) is 3.14 Å². The van der Waals surface area contributed by atoms with Crippen LogP contribution in [-0.4, -0.2) is 11.4 Å². The van der Waals surface area contributed by atoms with E-state index in [2.05, 4.69) is 0 Å². The maximum Gasteiger partial charge on any atom is 0.224 e. The van der Waals surface area contributed by atoms with Crippen molar-refractivity contribution in [3.63, 3.8) is 0 Å². The second kappa shape index (κ2) is 6.15. The molecule has 0 radical (unpaired) electrons. The Morgan fingerprint density at radius 1 is 1.18 bits per heavy atom. The van der Waals surface area contributed by atoms with Gasteiger partial charge >= 0.3 is 0 Å². The van der Waals surface area contributed by atoms with Crippen molar-refractivity contribution in [1.82, 2.24) is 0 Å². The summed E-state index contributed by atoms with van der Waals surface area (Å²) in [7, 11) is 0. The lowest BCUT2D eigenvalue weighted by atomic mass is 10.2. The first-order chi connectivity index (χ1) is 8.20. The number of thioether (sulfide) groups is 2. The highest BCUT2D eigenvalue weighted by atomic mass is 32.2. The van der Waals surface area contributed by atoms with Crippen molar-refractivity contribution in [3.05, 3.63) is 39.0 Å². The highest BCUT2D eigenvalue weighted by Gasteiger charge is 2.13. The van der Waals surface area contributed by atoms with Gasteiger partial charge in [-0.05, 0) is 18.0 Å². The number of benzene rings is 1. The SMILES string of the molecule is CSc1sc(=S)sc1SC(=O)c1ccccc1. The van der Waals surface area contributed by atoms with Gasteiger partial charge in [0.2, 0.25) is 5.12 Å². The topological polar surface area (TPSA) is 17.1 Å². The van der Waals surface area contributed by atoms with Gasteiger partial charge in [0.05, 0.1) is 8.42 Å². The quantitative estimate of drug-likeness (QED) is 0.572. The molecule has 17 heavy (non-hydrogen) atoms. The molecular formula is C11H8OS5. The molecule has 0 aliphatic rings. The summed E-state index contributed by atoms with van der Waals surface area (Å²) in [5.41, 5.74) is 0.730. The number of hydrogen-bond acceptors (Lipinski definition) is 6. The molecule has 0 unspecified atom stereocenters. The number of carbonyl (C=O) groups excluding carboxylic acids is 1. The Morgan fingerprint density at radius 3 is 2.47 bits per heavy atom. The fourth-order valence-corrected chi connectivity index (χ4v) is 6.58. The predicted molar refractivity (Wildman–Crippen MR) is 81.4 cm³/mol. The molecule has 88 valence electrons. The van der Waals surface area contributed by atoms with Crippen LogP contribution in [0.1, 0.15) is 10.4 Å². The Hall–Kier alpha value is -0.140. The van der Waals surface area contributed by atoms with E-state index >= 15 is 0 Å². The van der Waals surface area contributed by atoms with Crippen molar-refractivity contribution in [2.45, 2.75) is 8.42 Å². The molecule has 0 bridgehead atoms. The third-order valence-corrected chi connectivity index (χ3v) is 7.16. The Balaban J connectivity index is 2.21. The second-order valence-electron chi connectivity index (χ2n) is 2.99. The predicted octanol–water partition coefficient (Wildman–Crippen LogP) is 5.19.